The number of Topliss-reactive ketones (excluding diaryl/α,β-unsaturated/α-hetero) is 1. The fourth-order valence-electron chi connectivity index (χ4n) is 2.55. The van der Waals surface area contributed by atoms with Crippen LogP contribution < -0.4 is 0 Å². The third kappa shape index (κ3) is 1.65. The Labute approximate surface area is 112 Å². The molecule has 3 rings (SSSR count). The standard InChI is InChI=1S/C17H13NO/c1-3-18-10-15-11(2)17(19)16-13-8-6-4-5-7-12(13)9-14(15)16/h3-10H,1H2,2H3. The molecule has 0 aromatic carbocycles. The molecule has 3 aliphatic carbocycles. The highest BCUT2D eigenvalue weighted by atomic mass is 16.1. The van der Waals surface area contributed by atoms with Crippen LogP contribution in [0.1, 0.15) is 22.8 Å². The highest BCUT2D eigenvalue weighted by Crippen LogP contribution is 2.41. The van der Waals surface area contributed by atoms with E-state index < -0.39 is 0 Å². The predicted octanol–water partition coefficient (Wildman–Crippen LogP) is 3.98. The van der Waals surface area contributed by atoms with Crippen molar-refractivity contribution in [1.82, 2.24) is 0 Å². The van der Waals surface area contributed by atoms with E-state index in [-0.39, 0.29) is 5.78 Å². The molecule has 0 fully saturated rings. The maximum absolute atomic E-state index is 12.4. The Kier molecular flexibility index (Phi) is 2.64. The van der Waals surface area contributed by atoms with E-state index in [0.717, 1.165) is 33.4 Å². The molecule has 92 valence electrons. The van der Waals surface area contributed by atoms with Gasteiger partial charge in [-0.3, -0.25) is 9.79 Å². The van der Waals surface area contributed by atoms with Crippen molar-refractivity contribution in [3.63, 3.8) is 0 Å². The van der Waals surface area contributed by atoms with E-state index in [9.17, 15) is 4.79 Å². The average molecular weight is 247 g/mol. The number of hydrogen-bond acceptors (Lipinski definition) is 2. The van der Waals surface area contributed by atoms with Crippen molar-refractivity contribution in [2.45, 2.75) is 6.92 Å². The number of hydrogen-bond donors (Lipinski definition) is 0. The molecular formula is C17H13NO. The van der Waals surface area contributed by atoms with Gasteiger partial charge in [0.25, 0.3) is 0 Å². The number of carbonyl (C=O) groups excluding carboxylic acids is 1. The van der Waals surface area contributed by atoms with Crippen molar-refractivity contribution in [1.29, 1.82) is 0 Å². The molecule has 19 heavy (non-hydrogen) atoms. The van der Waals surface area contributed by atoms with Gasteiger partial charge in [0.2, 0.25) is 0 Å². The molecule has 0 unspecified atom stereocenters. The molecule has 2 nitrogen and oxygen atoms in total. The number of carbonyl (C=O) groups is 1. The lowest BCUT2D eigenvalue weighted by atomic mass is 10.1. The summed E-state index contributed by atoms with van der Waals surface area (Å²) in [6.07, 6.45) is 3.19. The van der Waals surface area contributed by atoms with Gasteiger partial charge in [0.05, 0.1) is 0 Å². The smallest absolute Gasteiger partial charge is 0.190 e. The second kappa shape index (κ2) is 4.32. The highest BCUT2D eigenvalue weighted by molar-refractivity contribution is 6.33. The largest absolute Gasteiger partial charge is 0.289 e. The molecule has 3 aliphatic rings. The van der Waals surface area contributed by atoms with E-state index >= 15 is 0 Å². The number of ketones is 1. The van der Waals surface area contributed by atoms with Crippen LogP contribution in [0, 0.1) is 0 Å². The van der Waals surface area contributed by atoms with Crippen molar-refractivity contribution in [3.05, 3.63) is 65.9 Å². The second-order valence-corrected chi connectivity index (χ2v) is 4.54. The minimum absolute atomic E-state index is 0.0988. The van der Waals surface area contributed by atoms with E-state index in [0.29, 0.717) is 0 Å². The lowest BCUT2D eigenvalue weighted by Crippen LogP contribution is -1.95. The molecule has 0 aromatic heterocycles. The third-order valence-electron chi connectivity index (χ3n) is 3.48. The minimum atomic E-state index is 0.0988. The first kappa shape index (κ1) is 11.6. The Morgan fingerprint density at radius 1 is 1.16 bits per heavy atom. The van der Waals surface area contributed by atoms with E-state index in [1.165, 1.54) is 6.20 Å². The summed E-state index contributed by atoms with van der Waals surface area (Å²) < 4.78 is 0. The fraction of sp³-hybridized carbons (Fsp3) is 0.0588. The topological polar surface area (TPSA) is 29.4 Å². The Bertz CT molecular complexity index is 722. The van der Waals surface area contributed by atoms with Crippen LogP contribution in [-0.4, -0.2) is 12.0 Å². The van der Waals surface area contributed by atoms with E-state index in [1.807, 2.05) is 37.3 Å². The first-order chi connectivity index (χ1) is 9.24. The van der Waals surface area contributed by atoms with Crippen LogP contribution >= 0.6 is 0 Å². The summed E-state index contributed by atoms with van der Waals surface area (Å²) in [5, 5.41) is 0. The predicted molar refractivity (Wildman–Crippen MR) is 78.7 cm³/mol. The van der Waals surface area contributed by atoms with E-state index in [2.05, 4.69) is 17.6 Å². The van der Waals surface area contributed by atoms with Gasteiger partial charge in [0.1, 0.15) is 0 Å². The molecule has 0 atom stereocenters. The first-order valence-corrected chi connectivity index (χ1v) is 6.16. The third-order valence-corrected chi connectivity index (χ3v) is 3.48. The van der Waals surface area contributed by atoms with Gasteiger partial charge in [-0.25, -0.2) is 0 Å². The fourth-order valence-corrected chi connectivity index (χ4v) is 2.55. The zero-order chi connectivity index (χ0) is 13.4. The van der Waals surface area contributed by atoms with Crippen LogP contribution in [0.5, 0.6) is 0 Å². The summed E-state index contributed by atoms with van der Waals surface area (Å²) in [6, 6.07) is 12.0. The Hall–Kier alpha value is -2.48. The summed E-state index contributed by atoms with van der Waals surface area (Å²) >= 11 is 0. The lowest BCUT2D eigenvalue weighted by molar-refractivity contribution is 0.103. The Morgan fingerprint density at radius 2 is 1.95 bits per heavy atom. The van der Waals surface area contributed by atoms with Crippen molar-refractivity contribution < 1.29 is 4.79 Å². The molecule has 0 spiro atoms. The summed E-state index contributed by atoms with van der Waals surface area (Å²) in [5.74, 6) is 0.0988. The monoisotopic (exact) mass is 247 g/mol. The zero-order valence-electron chi connectivity index (χ0n) is 10.7. The van der Waals surface area contributed by atoms with Crippen LogP contribution in [0.2, 0.25) is 0 Å². The molecule has 0 aliphatic heterocycles. The minimum Gasteiger partial charge on any atom is -0.289 e. The zero-order valence-corrected chi connectivity index (χ0v) is 10.7. The normalized spacial score (nSPS) is 14.5. The van der Waals surface area contributed by atoms with Crippen LogP contribution in [-0.2, 0) is 0 Å². The van der Waals surface area contributed by atoms with E-state index in [4.69, 9.17) is 0 Å². The summed E-state index contributed by atoms with van der Waals surface area (Å²) in [6.45, 7) is 5.42. The first-order valence-electron chi connectivity index (χ1n) is 6.16. The van der Waals surface area contributed by atoms with Gasteiger partial charge >= 0.3 is 0 Å². The van der Waals surface area contributed by atoms with Gasteiger partial charge in [0, 0.05) is 29.1 Å². The molecule has 0 saturated heterocycles. The summed E-state index contributed by atoms with van der Waals surface area (Å²) in [7, 11) is 0. The van der Waals surface area contributed by atoms with Gasteiger partial charge in [-0.15, -0.1) is 0 Å². The van der Waals surface area contributed by atoms with Gasteiger partial charge < -0.3 is 0 Å². The van der Waals surface area contributed by atoms with Gasteiger partial charge in [-0.05, 0) is 29.7 Å². The maximum Gasteiger partial charge on any atom is 0.190 e. The van der Waals surface area contributed by atoms with Crippen LogP contribution in [0.3, 0.4) is 0 Å². The Morgan fingerprint density at radius 3 is 2.74 bits per heavy atom. The molecule has 0 heterocycles. The summed E-state index contributed by atoms with van der Waals surface area (Å²) in [5.41, 5.74) is 5.53. The molecule has 2 heteroatoms. The van der Waals surface area contributed by atoms with Gasteiger partial charge in [-0.1, -0.05) is 36.9 Å². The second-order valence-electron chi connectivity index (χ2n) is 4.54. The molecule has 0 N–H and O–H groups in total. The number of aliphatic imine (C=N–C) groups is 1. The highest BCUT2D eigenvalue weighted by Gasteiger charge is 2.31. The van der Waals surface area contributed by atoms with Gasteiger partial charge in [-0.2, -0.15) is 0 Å². The molecule has 0 radical (unpaired) electrons. The average Bonchev–Trinajstić information content (AvgIpc) is 2.74. The molecule has 0 saturated carbocycles. The van der Waals surface area contributed by atoms with Gasteiger partial charge in [0.15, 0.2) is 5.78 Å². The SMILES string of the molecule is C=CN=CC1=C(C)C(=O)c2c1cc1cccccc2-1. The van der Waals surface area contributed by atoms with Crippen molar-refractivity contribution in [2.24, 2.45) is 4.99 Å². The molecule has 0 aromatic rings. The molecule has 0 bridgehead atoms. The quantitative estimate of drug-likeness (QED) is 0.738. The number of nitrogens with zero attached hydrogens (tertiary/aromatic N) is 1. The number of rotatable bonds is 2. The van der Waals surface area contributed by atoms with Crippen molar-refractivity contribution in [2.75, 3.05) is 0 Å². The number of fused-ring (bicyclic) bond motifs is 3. The lowest BCUT2D eigenvalue weighted by Gasteiger charge is -1.97. The summed E-state index contributed by atoms with van der Waals surface area (Å²) in [4.78, 5) is 16.5. The maximum atomic E-state index is 12.4. The molecular weight excluding hydrogens is 234 g/mol. The van der Waals surface area contributed by atoms with Crippen LogP contribution in [0.25, 0.3) is 16.7 Å². The molecule has 0 amide bonds. The van der Waals surface area contributed by atoms with Crippen LogP contribution in [0.15, 0.2) is 59.7 Å². The number of allylic oxidation sites excluding steroid dienone is 2. The van der Waals surface area contributed by atoms with Crippen molar-refractivity contribution >= 4 is 17.6 Å². The van der Waals surface area contributed by atoms with Crippen molar-refractivity contribution in [3.8, 4) is 11.1 Å². The Balaban J connectivity index is 2.29. The van der Waals surface area contributed by atoms with E-state index in [1.54, 1.807) is 6.21 Å². The van der Waals surface area contributed by atoms with Crippen LogP contribution in [0.4, 0.5) is 0 Å².